The second-order valence-corrected chi connectivity index (χ2v) is 5.19. The zero-order valence-corrected chi connectivity index (χ0v) is 11.5. The van der Waals surface area contributed by atoms with Crippen LogP contribution < -0.4 is 5.73 Å². The summed E-state index contributed by atoms with van der Waals surface area (Å²) < 4.78 is 0. The first-order chi connectivity index (χ1) is 9.50. The first-order valence-electron chi connectivity index (χ1n) is 6.56. The Morgan fingerprint density at radius 3 is 2.40 bits per heavy atom. The van der Waals surface area contributed by atoms with Crippen LogP contribution in [0.25, 0.3) is 11.1 Å². The first kappa shape index (κ1) is 12.6. The topological polar surface area (TPSA) is 60.2 Å². The van der Waals surface area contributed by atoms with E-state index in [-0.39, 0.29) is 11.6 Å². The maximum atomic E-state index is 11.8. The van der Waals surface area contributed by atoms with Crippen LogP contribution in [0.1, 0.15) is 45.7 Å². The Labute approximate surface area is 117 Å². The number of nitrogen functional groups attached to an aromatic ring is 1. The molecule has 2 aromatic rings. The molecule has 0 fully saturated rings. The van der Waals surface area contributed by atoms with Crippen LogP contribution in [-0.2, 0) is 6.42 Å². The van der Waals surface area contributed by atoms with Crippen LogP contribution in [0.15, 0.2) is 30.3 Å². The minimum atomic E-state index is -0.161. The van der Waals surface area contributed by atoms with Gasteiger partial charge in [-0.05, 0) is 42.2 Å². The minimum absolute atomic E-state index is 0.130. The lowest BCUT2D eigenvalue weighted by atomic mass is 9.92. The van der Waals surface area contributed by atoms with Gasteiger partial charge >= 0.3 is 0 Å². The molecule has 1 aliphatic carbocycles. The highest BCUT2D eigenvalue weighted by atomic mass is 16.1. The molecule has 3 nitrogen and oxygen atoms in total. The summed E-state index contributed by atoms with van der Waals surface area (Å²) in [5.74, 6) is -0.291. The summed E-state index contributed by atoms with van der Waals surface area (Å²) in [6.07, 6.45) is 0.718. The van der Waals surface area contributed by atoms with Gasteiger partial charge in [-0.25, -0.2) is 0 Å². The van der Waals surface area contributed by atoms with Gasteiger partial charge < -0.3 is 5.73 Å². The molecule has 0 spiro atoms. The fraction of sp³-hybridized carbons (Fsp3) is 0.176. The van der Waals surface area contributed by atoms with Gasteiger partial charge in [-0.2, -0.15) is 0 Å². The highest BCUT2D eigenvalue weighted by Crippen LogP contribution is 2.42. The van der Waals surface area contributed by atoms with Crippen LogP contribution >= 0.6 is 0 Å². The molecule has 3 heteroatoms. The van der Waals surface area contributed by atoms with Crippen molar-refractivity contribution in [2.24, 2.45) is 0 Å². The summed E-state index contributed by atoms with van der Waals surface area (Å²) in [4.78, 5) is 23.7. The van der Waals surface area contributed by atoms with E-state index < -0.39 is 0 Å². The highest BCUT2D eigenvalue weighted by molar-refractivity contribution is 6.12. The van der Waals surface area contributed by atoms with Crippen LogP contribution in [0.5, 0.6) is 0 Å². The third-order valence-corrected chi connectivity index (χ3v) is 3.88. The summed E-state index contributed by atoms with van der Waals surface area (Å²) in [7, 11) is 0. The summed E-state index contributed by atoms with van der Waals surface area (Å²) in [6, 6.07) is 9.85. The van der Waals surface area contributed by atoms with E-state index in [1.807, 2.05) is 24.3 Å². The molecule has 0 amide bonds. The number of Topliss-reactive ketones (excluding diaryl/α,β-unsaturated/α-hetero) is 2. The summed E-state index contributed by atoms with van der Waals surface area (Å²) in [5, 5.41) is 0. The lowest BCUT2D eigenvalue weighted by Crippen LogP contribution is -2.10. The molecule has 0 atom stereocenters. The van der Waals surface area contributed by atoms with Crippen molar-refractivity contribution in [2.75, 3.05) is 5.73 Å². The molecule has 1 aliphatic rings. The summed E-state index contributed by atoms with van der Waals surface area (Å²) in [6.45, 7) is 2.92. The normalized spacial score (nSPS) is 11.9. The Kier molecular flexibility index (Phi) is 2.71. The van der Waals surface area contributed by atoms with Gasteiger partial charge in [-0.15, -0.1) is 0 Å². The second kappa shape index (κ2) is 4.30. The third-order valence-electron chi connectivity index (χ3n) is 3.88. The Bertz CT molecular complexity index is 760. The average molecular weight is 265 g/mol. The van der Waals surface area contributed by atoms with E-state index >= 15 is 0 Å². The molecule has 0 aromatic heterocycles. The van der Waals surface area contributed by atoms with E-state index in [9.17, 15) is 9.59 Å². The Hall–Kier alpha value is -2.42. The van der Waals surface area contributed by atoms with Crippen LogP contribution in [0.4, 0.5) is 5.69 Å². The maximum absolute atomic E-state index is 11.8. The molecule has 100 valence electrons. The van der Waals surface area contributed by atoms with Crippen molar-refractivity contribution in [1.82, 2.24) is 0 Å². The lowest BCUT2D eigenvalue weighted by molar-refractivity contribution is 0.0981. The number of rotatable bonds is 2. The molecule has 20 heavy (non-hydrogen) atoms. The molecular weight excluding hydrogens is 250 g/mol. The molecule has 0 heterocycles. The standard InChI is InChI=1S/C17H15NO2/c1-9(19)13-8-14-12-6-4-3-5-11(12)7-15(14)17(18)16(13)10(2)20/h3-6,8H,7,18H2,1-2H3. The van der Waals surface area contributed by atoms with E-state index in [0.717, 1.165) is 23.1 Å². The monoisotopic (exact) mass is 265 g/mol. The van der Waals surface area contributed by atoms with Crippen molar-refractivity contribution >= 4 is 17.3 Å². The third kappa shape index (κ3) is 1.67. The smallest absolute Gasteiger partial charge is 0.162 e. The molecule has 2 aromatic carbocycles. The van der Waals surface area contributed by atoms with Gasteiger partial charge in [0.15, 0.2) is 11.6 Å². The second-order valence-electron chi connectivity index (χ2n) is 5.19. The van der Waals surface area contributed by atoms with E-state index in [1.165, 1.54) is 19.4 Å². The first-order valence-corrected chi connectivity index (χ1v) is 6.56. The van der Waals surface area contributed by atoms with Gasteiger partial charge in [0.2, 0.25) is 0 Å². The fourth-order valence-electron chi connectivity index (χ4n) is 2.96. The molecule has 3 rings (SSSR count). The largest absolute Gasteiger partial charge is 0.398 e. The molecule has 0 saturated carbocycles. The van der Waals surface area contributed by atoms with E-state index in [0.29, 0.717) is 16.8 Å². The van der Waals surface area contributed by atoms with Crippen molar-refractivity contribution in [2.45, 2.75) is 20.3 Å². The van der Waals surface area contributed by atoms with Gasteiger partial charge in [0.1, 0.15) is 0 Å². The fourth-order valence-corrected chi connectivity index (χ4v) is 2.96. The maximum Gasteiger partial charge on any atom is 0.162 e. The molecule has 0 aliphatic heterocycles. The van der Waals surface area contributed by atoms with Gasteiger partial charge in [-0.3, -0.25) is 9.59 Å². The van der Waals surface area contributed by atoms with Gasteiger partial charge in [0, 0.05) is 17.7 Å². The number of hydrogen-bond donors (Lipinski definition) is 1. The summed E-state index contributed by atoms with van der Waals surface area (Å²) >= 11 is 0. The number of benzene rings is 2. The SMILES string of the molecule is CC(=O)c1cc2c(c(N)c1C(C)=O)Cc1ccccc1-2. The summed E-state index contributed by atoms with van der Waals surface area (Å²) in [5.41, 5.74) is 11.6. The zero-order valence-electron chi connectivity index (χ0n) is 11.5. The Balaban J connectivity index is 2.36. The van der Waals surface area contributed by atoms with E-state index in [4.69, 9.17) is 5.73 Å². The zero-order chi connectivity index (χ0) is 14.4. The quantitative estimate of drug-likeness (QED) is 0.571. The molecule has 0 unspecified atom stereocenters. The lowest BCUT2D eigenvalue weighted by Gasteiger charge is -2.13. The van der Waals surface area contributed by atoms with Crippen molar-refractivity contribution in [3.8, 4) is 11.1 Å². The predicted octanol–water partition coefficient (Wildman–Crippen LogP) is 3.25. The highest BCUT2D eigenvalue weighted by Gasteiger charge is 2.26. The predicted molar refractivity (Wildman–Crippen MR) is 79.1 cm³/mol. The number of anilines is 1. The Morgan fingerprint density at radius 2 is 1.75 bits per heavy atom. The van der Waals surface area contributed by atoms with Crippen LogP contribution in [-0.4, -0.2) is 11.6 Å². The number of nitrogens with two attached hydrogens (primary N) is 1. The number of ketones is 2. The molecule has 2 N–H and O–H groups in total. The molecule has 0 radical (unpaired) electrons. The van der Waals surface area contributed by atoms with Gasteiger partial charge in [-0.1, -0.05) is 24.3 Å². The number of carbonyl (C=O) groups is 2. The number of hydrogen-bond acceptors (Lipinski definition) is 3. The average Bonchev–Trinajstić information content (AvgIpc) is 2.77. The van der Waals surface area contributed by atoms with Crippen LogP contribution in [0.3, 0.4) is 0 Å². The molecular formula is C17H15NO2. The van der Waals surface area contributed by atoms with Crippen LogP contribution in [0, 0.1) is 0 Å². The molecule has 0 bridgehead atoms. The van der Waals surface area contributed by atoms with Crippen molar-refractivity contribution in [1.29, 1.82) is 0 Å². The van der Waals surface area contributed by atoms with Crippen molar-refractivity contribution in [3.63, 3.8) is 0 Å². The number of carbonyl (C=O) groups excluding carboxylic acids is 2. The van der Waals surface area contributed by atoms with E-state index in [2.05, 4.69) is 6.07 Å². The van der Waals surface area contributed by atoms with E-state index in [1.54, 1.807) is 0 Å². The van der Waals surface area contributed by atoms with Crippen molar-refractivity contribution < 1.29 is 9.59 Å². The van der Waals surface area contributed by atoms with Gasteiger partial charge in [0.05, 0.1) is 5.56 Å². The minimum Gasteiger partial charge on any atom is -0.398 e. The molecule has 0 saturated heterocycles. The van der Waals surface area contributed by atoms with Crippen molar-refractivity contribution in [3.05, 3.63) is 52.6 Å². The van der Waals surface area contributed by atoms with Crippen LogP contribution in [0.2, 0.25) is 0 Å². The van der Waals surface area contributed by atoms with Gasteiger partial charge in [0.25, 0.3) is 0 Å². The number of fused-ring (bicyclic) bond motifs is 3. The Morgan fingerprint density at radius 1 is 1.05 bits per heavy atom.